The maximum atomic E-state index is 13.4. The van der Waals surface area contributed by atoms with Gasteiger partial charge in [0, 0.05) is 31.1 Å². The van der Waals surface area contributed by atoms with E-state index in [1.165, 1.54) is 17.2 Å². The molecule has 0 saturated carbocycles. The molecule has 228 valence electrons. The Labute approximate surface area is 254 Å². The molecule has 0 saturated heterocycles. The lowest BCUT2D eigenvalue weighted by Gasteiger charge is -2.23. The van der Waals surface area contributed by atoms with Crippen LogP contribution in [0.25, 0.3) is 0 Å². The number of carbonyl (C=O) groups excluding carboxylic acids is 4. The summed E-state index contributed by atoms with van der Waals surface area (Å²) < 4.78 is 11.1. The number of hydrogen-bond acceptors (Lipinski definition) is 8. The molecule has 0 radical (unpaired) electrons. The summed E-state index contributed by atoms with van der Waals surface area (Å²) in [5, 5.41) is 12.4. The molecule has 12 heteroatoms. The van der Waals surface area contributed by atoms with E-state index in [0.717, 1.165) is 5.56 Å². The molecule has 0 unspecified atom stereocenters. The van der Waals surface area contributed by atoms with E-state index in [0.29, 0.717) is 17.7 Å². The van der Waals surface area contributed by atoms with Crippen molar-refractivity contribution in [3.8, 4) is 0 Å². The Hall–Kier alpha value is -5.26. The van der Waals surface area contributed by atoms with E-state index in [-0.39, 0.29) is 55.2 Å². The third-order valence-electron chi connectivity index (χ3n) is 7.10. The quantitative estimate of drug-likeness (QED) is 0.316. The van der Waals surface area contributed by atoms with Gasteiger partial charge in [0.15, 0.2) is 17.1 Å². The van der Waals surface area contributed by atoms with Crippen LogP contribution in [-0.2, 0) is 17.8 Å². The third kappa shape index (κ3) is 7.57. The molecular weight excluding hydrogens is 564 g/mol. The van der Waals surface area contributed by atoms with E-state index in [1.54, 1.807) is 24.3 Å². The number of nitrogens with zero attached hydrogens (tertiary/aromatic N) is 3. The van der Waals surface area contributed by atoms with Crippen molar-refractivity contribution in [3.63, 3.8) is 0 Å². The van der Waals surface area contributed by atoms with Gasteiger partial charge in [0.25, 0.3) is 17.7 Å². The maximum absolute atomic E-state index is 13.4. The predicted molar refractivity (Wildman–Crippen MR) is 158 cm³/mol. The van der Waals surface area contributed by atoms with Crippen molar-refractivity contribution in [2.75, 3.05) is 13.1 Å². The molecule has 0 aliphatic carbocycles. The fourth-order valence-corrected chi connectivity index (χ4v) is 4.90. The highest BCUT2D eigenvalue weighted by Crippen LogP contribution is 2.22. The van der Waals surface area contributed by atoms with Gasteiger partial charge in [-0.3, -0.25) is 19.2 Å². The lowest BCUT2D eigenvalue weighted by Crippen LogP contribution is -2.49. The van der Waals surface area contributed by atoms with Gasteiger partial charge in [-0.05, 0) is 30.0 Å². The zero-order chi connectivity index (χ0) is 31.1. The maximum Gasteiger partial charge on any atom is 0.274 e. The van der Waals surface area contributed by atoms with Crippen LogP contribution >= 0.6 is 0 Å². The molecule has 3 N–H and O–H groups in total. The third-order valence-corrected chi connectivity index (χ3v) is 7.10. The van der Waals surface area contributed by atoms with E-state index < -0.39 is 29.8 Å². The molecule has 44 heavy (non-hydrogen) atoms. The molecule has 2 aromatic carbocycles. The minimum absolute atomic E-state index is 0.00653. The van der Waals surface area contributed by atoms with Crippen LogP contribution in [0.3, 0.4) is 0 Å². The van der Waals surface area contributed by atoms with Gasteiger partial charge in [0.1, 0.15) is 18.3 Å². The largest absolute Gasteiger partial charge is 0.446 e. The van der Waals surface area contributed by atoms with Crippen LogP contribution in [0.15, 0.2) is 81.9 Å². The average Bonchev–Trinajstić information content (AvgIpc) is 3.71. The van der Waals surface area contributed by atoms with Gasteiger partial charge in [-0.2, -0.15) is 0 Å². The second kappa shape index (κ2) is 13.8. The number of hydrogen-bond donors (Lipinski definition) is 3. The SMILES string of the molecule is CC(C)C[C@H]1NC(=O)c2cc(on2)CN(C(=O)c2ccccc2)CCNC(=O)[C@H](Cc2ccccc2)NC(=O)c2coc1n2. The number of carbonyl (C=O) groups is 4. The summed E-state index contributed by atoms with van der Waals surface area (Å²) in [7, 11) is 0. The monoisotopic (exact) mass is 598 g/mol. The van der Waals surface area contributed by atoms with Gasteiger partial charge < -0.3 is 29.8 Å². The molecule has 1 aliphatic rings. The zero-order valence-electron chi connectivity index (χ0n) is 24.5. The van der Waals surface area contributed by atoms with Crippen LogP contribution in [-0.4, -0.2) is 57.8 Å². The van der Waals surface area contributed by atoms with Gasteiger partial charge in [-0.15, -0.1) is 0 Å². The number of oxazole rings is 1. The van der Waals surface area contributed by atoms with Gasteiger partial charge in [-0.25, -0.2) is 4.98 Å². The second-order valence-corrected chi connectivity index (χ2v) is 11.0. The summed E-state index contributed by atoms with van der Waals surface area (Å²) >= 11 is 0. The summed E-state index contributed by atoms with van der Waals surface area (Å²) in [6, 6.07) is 17.9. The molecule has 5 rings (SSSR count). The molecule has 4 bridgehead atoms. The van der Waals surface area contributed by atoms with Gasteiger partial charge in [-0.1, -0.05) is 67.5 Å². The van der Waals surface area contributed by atoms with Gasteiger partial charge in [0.2, 0.25) is 11.8 Å². The summed E-state index contributed by atoms with van der Waals surface area (Å²) in [5.41, 5.74) is 1.29. The molecule has 2 aromatic heterocycles. The molecule has 0 fully saturated rings. The molecule has 2 atom stereocenters. The Morgan fingerprint density at radius 3 is 2.36 bits per heavy atom. The second-order valence-electron chi connectivity index (χ2n) is 11.0. The number of nitrogens with one attached hydrogen (secondary N) is 3. The van der Waals surface area contributed by atoms with E-state index in [9.17, 15) is 19.2 Å². The molecule has 1 aliphatic heterocycles. The van der Waals surface area contributed by atoms with Crippen molar-refractivity contribution < 1.29 is 28.1 Å². The first-order chi connectivity index (χ1) is 21.3. The molecular formula is C32H34N6O6. The molecule has 0 spiro atoms. The van der Waals surface area contributed by atoms with Crippen molar-refractivity contribution in [2.45, 2.75) is 45.3 Å². The first kappa shape index (κ1) is 30.2. The number of amides is 4. The smallest absolute Gasteiger partial charge is 0.274 e. The van der Waals surface area contributed by atoms with Crippen LogP contribution in [0, 0.1) is 5.92 Å². The molecule has 3 heterocycles. The van der Waals surface area contributed by atoms with Crippen LogP contribution in [0.1, 0.15) is 74.9 Å². The van der Waals surface area contributed by atoms with Crippen molar-refractivity contribution in [3.05, 3.63) is 107 Å². The van der Waals surface area contributed by atoms with Crippen molar-refractivity contribution in [2.24, 2.45) is 5.92 Å². The van der Waals surface area contributed by atoms with Crippen molar-refractivity contribution in [1.29, 1.82) is 0 Å². The van der Waals surface area contributed by atoms with E-state index in [4.69, 9.17) is 8.94 Å². The normalized spacial score (nSPS) is 18.2. The van der Waals surface area contributed by atoms with E-state index in [1.807, 2.05) is 50.2 Å². The standard InChI is InChI=1S/C32H34N6O6/c1-20(2)15-26-31-36-27(19-43-31)30(41)34-24(16-21-9-5-3-6-10-21)28(39)33-13-14-38(32(42)22-11-7-4-8-12-22)18-23-17-25(37-44-23)29(40)35-26/h3-12,17,19-20,24,26H,13-16,18H2,1-2H3,(H,33,39)(H,34,41)(H,35,40)/t24-,26+/m0/s1. The van der Waals surface area contributed by atoms with Crippen LogP contribution in [0.4, 0.5) is 0 Å². The lowest BCUT2D eigenvalue weighted by molar-refractivity contribution is -0.123. The first-order valence-electron chi connectivity index (χ1n) is 14.5. The van der Waals surface area contributed by atoms with E-state index >= 15 is 0 Å². The number of aromatic nitrogens is 2. The number of fused-ring (bicyclic) bond motifs is 4. The Morgan fingerprint density at radius 2 is 1.64 bits per heavy atom. The molecule has 4 aromatic rings. The highest BCUT2D eigenvalue weighted by Gasteiger charge is 2.28. The Kier molecular flexibility index (Phi) is 9.48. The summed E-state index contributed by atoms with van der Waals surface area (Å²) in [4.78, 5) is 59.2. The molecule has 4 amide bonds. The van der Waals surface area contributed by atoms with E-state index in [2.05, 4.69) is 26.1 Å². The van der Waals surface area contributed by atoms with Gasteiger partial charge in [0.05, 0.1) is 6.54 Å². The predicted octanol–water partition coefficient (Wildman–Crippen LogP) is 3.29. The minimum atomic E-state index is -0.940. The molecule has 12 nitrogen and oxygen atoms in total. The summed E-state index contributed by atoms with van der Waals surface area (Å²) in [6.07, 6.45) is 1.90. The first-order valence-corrected chi connectivity index (χ1v) is 14.5. The average molecular weight is 599 g/mol. The minimum Gasteiger partial charge on any atom is -0.446 e. The Morgan fingerprint density at radius 1 is 0.955 bits per heavy atom. The van der Waals surface area contributed by atoms with Crippen molar-refractivity contribution >= 4 is 23.6 Å². The number of benzene rings is 2. The summed E-state index contributed by atoms with van der Waals surface area (Å²) in [6.45, 7) is 4.18. The van der Waals surface area contributed by atoms with Crippen LogP contribution < -0.4 is 16.0 Å². The van der Waals surface area contributed by atoms with Crippen molar-refractivity contribution in [1.82, 2.24) is 31.0 Å². The highest BCUT2D eigenvalue weighted by molar-refractivity contribution is 5.96. The number of rotatable bonds is 5. The topological polar surface area (TPSA) is 160 Å². The Balaban J connectivity index is 1.47. The van der Waals surface area contributed by atoms with Crippen LogP contribution in [0.5, 0.6) is 0 Å². The van der Waals surface area contributed by atoms with Gasteiger partial charge >= 0.3 is 0 Å². The Bertz CT molecular complexity index is 1600. The lowest BCUT2D eigenvalue weighted by atomic mass is 10.0. The fourth-order valence-electron chi connectivity index (χ4n) is 4.90. The summed E-state index contributed by atoms with van der Waals surface area (Å²) in [5.74, 6) is -1.26. The zero-order valence-corrected chi connectivity index (χ0v) is 24.5. The fraction of sp³-hybridized carbons (Fsp3) is 0.312. The van der Waals surface area contributed by atoms with Crippen LogP contribution in [0.2, 0.25) is 0 Å². The highest BCUT2D eigenvalue weighted by atomic mass is 16.5.